The van der Waals surface area contributed by atoms with E-state index in [1.807, 2.05) is 0 Å². The Bertz CT molecular complexity index is 1020. The van der Waals surface area contributed by atoms with Gasteiger partial charge in [0.05, 0.1) is 34.7 Å². The van der Waals surface area contributed by atoms with E-state index in [-0.39, 0.29) is 35.8 Å². The Balaban J connectivity index is 2.12. The first kappa shape index (κ1) is 23.8. The molecule has 0 aliphatic rings. The molecule has 0 aromatic heterocycles. The summed E-state index contributed by atoms with van der Waals surface area (Å²) >= 11 is 0. The first-order valence-corrected chi connectivity index (χ1v) is 10.5. The minimum absolute atomic E-state index is 0.0934. The lowest BCUT2D eigenvalue weighted by Gasteiger charge is -2.15. The number of benzene rings is 2. The molecule has 2 rings (SSSR count). The fourth-order valence-corrected chi connectivity index (χ4v) is 2.96. The lowest BCUT2D eigenvalue weighted by Crippen LogP contribution is -2.15. The molecule has 0 bridgehead atoms. The third-order valence-electron chi connectivity index (χ3n) is 4.16. The SMILES string of the molecule is [B]Cc1cc(C[B])c(C[B])c(C(=O)Oc2ccc(C(=O)OCCS(=O)(=O)O)cc2)c1. The van der Waals surface area contributed by atoms with Crippen molar-refractivity contribution >= 4 is 45.6 Å². The highest BCUT2D eigenvalue weighted by atomic mass is 32.2. The first-order valence-electron chi connectivity index (χ1n) is 8.88. The summed E-state index contributed by atoms with van der Waals surface area (Å²) in [5, 5.41) is 0. The smallest absolute Gasteiger partial charge is 0.343 e. The molecule has 0 aliphatic carbocycles. The normalized spacial score (nSPS) is 11.1. The van der Waals surface area contributed by atoms with Crippen molar-refractivity contribution in [2.45, 2.75) is 19.0 Å². The molecule has 0 amide bonds. The summed E-state index contributed by atoms with van der Waals surface area (Å²) in [5.41, 5.74) is 2.36. The van der Waals surface area contributed by atoms with Crippen LogP contribution >= 0.6 is 0 Å². The topological polar surface area (TPSA) is 107 Å². The van der Waals surface area contributed by atoms with Crippen molar-refractivity contribution in [2.24, 2.45) is 0 Å². The number of esters is 2. The van der Waals surface area contributed by atoms with Crippen LogP contribution in [0.3, 0.4) is 0 Å². The minimum Gasteiger partial charge on any atom is -0.461 e. The second kappa shape index (κ2) is 10.5. The minimum atomic E-state index is -4.22. The molecular formula is C19H17B3O7S. The summed E-state index contributed by atoms with van der Waals surface area (Å²) in [6.45, 7) is -0.489. The van der Waals surface area contributed by atoms with E-state index in [1.54, 1.807) is 12.1 Å². The monoisotopic (exact) mass is 422 g/mol. The van der Waals surface area contributed by atoms with Crippen LogP contribution in [-0.2, 0) is 33.8 Å². The van der Waals surface area contributed by atoms with E-state index in [9.17, 15) is 18.0 Å². The largest absolute Gasteiger partial charge is 0.461 e. The molecule has 0 unspecified atom stereocenters. The predicted molar refractivity (Wildman–Crippen MR) is 113 cm³/mol. The molecule has 11 heteroatoms. The van der Waals surface area contributed by atoms with E-state index in [1.165, 1.54) is 24.3 Å². The molecule has 0 saturated heterocycles. The summed E-state index contributed by atoms with van der Waals surface area (Å²) in [7, 11) is 13.0. The summed E-state index contributed by atoms with van der Waals surface area (Å²) in [6.07, 6.45) is 0.498. The van der Waals surface area contributed by atoms with Gasteiger partial charge >= 0.3 is 11.9 Å². The Hall–Kier alpha value is -2.52. The average molecular weight is 422 g/mol. The summed E-state index contributed by atoms with van der Waals surface area (Å²) in [5.74, 6) is -1.97. The third-order valence-corrected chi connectivity index (χ3v) is 4.84. The number of carbonyl (C=O) groups is 2. The van der Waals surface area contributed by atoms with Gasteiger partial charge in [-0.2, -0.15) is 8.42 Å². The van der Waals surface area contributed by atoms with E-state index in [0.29, 0.717) is 16.7 Å². The van der Waals surface area contributed by atoms with Gasteiger partial charge in [0, 0.05) is 0 Å². The molecule has 7 nitrogen and oxygen atoms in total. The van der Waals surface area contributed by atoms with Crippen LogP contribution < -0.4 is 4.74 Å². The van der Waals surface area contributed by atoms with E-state index in [0.717, 1.165) is 0 Å². The van der Waals surface area contributed by atoms with Crippen molar-refractivity contribution in [1.29, 1.82) is 0 Å². The number of ether oxygens (including phenoxy) is 2. The van der Waals surface area contributed by atoms with Crippen LogP contribution in [0.5, 0.6) is 5.75 Å². The molecule has 150 valence electrons. The van der Waals surface area contributed by atoms with Gasteiger partial charge in [-0.05, 0) is 35.9 Å². The fourth-order valence-electron chi connectivity index (χ4n) is 2.67. The number of hydrogen-bond donors (Lipinski definition) is 1. The summed E-state index contributed by atoms with van der Waals surface area (Å²) < 4.78 is 40.0. The third kappa shape index (κ3) is 6.50. The highest BCUT2D eigenvalue weighted by Crippen LogP contribution is 2.22. The Morgan fingerprint density at radius 3 is 2.13 bits per heavy atom. The molecule has 0 aliphatic heterocycles. The Labute approximate surface area is 179 Å². The zero-order valence-electron chi connectivity index (χ0n) is 16.0. The van der Waals surface area contributed by atoms with Crippen LogP contribution in [0, 0.1) is 0 Å². The second-order valence-corrected chi connectivity index (χ2v) is 7.80. The fraction of sp³-hybridized carbons (Fsp3) is 0.263. The van der Waals surface area contributed by atoms with Crippen LogP contribution in [0.25, 0.3) is 0 Å². The van der Waals surface area contributed by atoms with Gasteiger partial charge in [-0.15, -0.1) is 0 Å². The van der Waals surface area contributed by atoms with Gasteiger partial charge in [-0.1, -0.05) is 36.2 Å². The molecule has 0 atom stereocenters. The van der Waals surface area contributed by atoms with Gasteiger partial charge in [0.15, 0.2) is 0 Å². The Morgan fingerprint density at radius 2 is 1.60 bits per heavy atom. The van der Waals surface area contributed by atoms with Crippen molar-refractivity contribution in [3.05, 3.63) is 64.2 Å². The Morgan fingerprint density at radius 1 is 0.933 bits per heavy atom. The maximum absolute atomic E-state index is 12.7. The van der Waals surface area contributed by atoms with Crippen molar-refractivity contribution in [3.63, 3.8) is 0 Å². The molecular weight excluding hydrogens is 405 g/mol. The van der Waals surface area contributed by atoms with Crippen molar-refractivity contribution < 1.29 is 32.0 Å². The molecule has 0 heterocycles. The van der Waals surface area contributed by atoms with E-state index in [2.05, 4.69) is 0 Å². The Kier molecular flexibility index (Phi) is 8.31. The lowest BCUT2D eigenvalue weighted by atomic mass is 9.81. The molecule has 0 saturated carbocycles. The maximum atomic E-state index is 12.7. The molecule has 6 radical (unpaired) electrons. The second-order valence-electron chi connectivity index (χ2n) is 6.23. The molecule has 0 spiro atoms. The van der Waals surface area contributed by atoms with Gasteiger partial charge in [0.25, 0.3) is 10.1 Å². The zero-order valence-corrected chi connectivity index (χ0v) is 16.9. The van der Waals surface area contributed by atoms with Gasteiger partial charge in [-0.25, -0.2) is 9.59 Å². The number of rotatable bonds is 9. The van der Waals surface area contributed by atoms with Crippen molar-refractivity contribution in [3.8, 4) is 5.75 Å². The lowest BCUT2D eigenvalue weighted by molar-refractivity contribution is 0.0528. The first-order chi connectivity index (χ1) is 14.2. The number of hydrogen-bond acceptors (Lipinski definition) is 6. The molecule has 2 aromatic rings. The van der Waals surface area contributed by atoms with E-state index >= 15 is 0 Å². The van der Waals surface area contributed by atoms with E-state index in [4.69, 9.17) is 37.6 Å². The molecule has 0 fully saturated rings. The number of carbonyl (C=O) groups excluding carboxylic acids is 2. The van der Waals surface area contributed by atoms with Crippen LogP contribution in [0.2, 0.25) is 0 Å². The highest BCUT2D eigenvalue weighted by Gasteiger charge is 2.17. The van der Waals surface area contributed by atoms with Crippen molar-refractivity contribution in [1.82, 2.24) is 0 Å². The van der Waals surface area contributed by atoms with Gasteiger partial charge in [0.2, 0.25) is 0 Å². The molecule has 2 aromatic carbocycles. The van der Waals surface area contributed by atoms with Crippen LogP contribution in [0.4, 0.5) is 0 Å². The molecule has 30 heavy (non-hydrogen) atoms. The van der Waals surface area contributed by atoms with Crippen molar-refractivity contribution in [2.75, 3.05) is 12.4 Å². The summed E-state index contributed by atoms with van der Waals surface area (Å²) in [4.78, 5) is 24.5. The van der Waals surface area contributed by atoms with E-state index < -0.39 is 34.4 Å². The quantitative estimate of drug-likeness (QED) is 0.278. The summed E-state index contributed by atoms with van der Waals surface area (Å²) in [6, 6.07) is 8.87. The van der Waals surface area contributed by atoms with Crippen LogP contribution in [0.15, 0.2) is 36.4 Å². The standard InChI is InChI=1S/C19H17B3O7S/c20-9-12-7-14(10-21)17(11-22)16(8-12)19(24)29-15-3-1-13(2-4-15)18(23)28-5-6-30(25,26)27/h1-4,7-8H,5-6,9-11H2,(H,25,26,27). The van der Waals surface area contributed by atoms with Gasteiger partial charge < -0.3 is 9.47 Å². The van der Waals surface area contributed by atoms with Gasteiger partial charge in [0.1, 0.15) is 18.1 Å². The van der Waals surface area contributed by atoms with Crippen LogP contribution in [0.1, 0.15) is 37.4 Å². The predicted octanol–water partition coefficient (Wildman–Crippen LogP) is 0.956. The maximum Gasteiger partial charge on any atom is 0.343 e. The van der Waals surface area contributed by atoms with Crippen LogP contribution in [-0.4, -0.2) is 60.8 Å². The zero-order chi connectivity index (χ0) is 22.3. The molecule has 1 N–H and O–H groups in total. The highest BCUT2D eigenvalue weighted by molar-refractivity contribution is 7.85. The van der Waals surface area contributed by atoms with Gasteiger partial charge in [-0.3, -0.25) is 4.55 Å². The average Bonchev–Trinajstić information content (AvgIpc) is 2.72.